The first-order chi connectivity index (χ1) is 18.6. The molecule has 0 spiro atoms. The number of unbranched alkanes of at least 4 members (excludes halogenated alkanes) is 14. The standard InChI is InChI=1S/C18H36O2.C15H27N3O/c1-2-3-4-5-6-7-8-9-10-11-12-13-14-15-16-17-18(19)20;1-16(2)9-12-7-8-15(19)14(11-18(5)6)13(12)10-17(3)4/h2-17H2,1H3,(H,19,20);7-8,19H,9-11H2,1-6H3. The topological polar surface area (TPSA) is 67.2 Å². The number of phenolic OH excluding ortho intramolecular Hbond substituents is 1. The highest BCUT2D eigenvalue weighted by atomic mass is 16.4. The van der Waals surface area contributed by atoms with E-state index in [1.165, 1.54) is 94.6 Å². The van der Waals surface area contributed by atoms with E-state index in [0.29, 0.717) is 12.2 Å². The maximum Gasteiger partial charge on any atom is 0.303 e. The SMILES string of the molecule is CCCCCCCCCCCCCCCCCC(=O)O.CN(C)Cc1ccc(O)c(CN(C)C)c1CN(C)C. The van der Waals surface area contributed by atoms with Gasteiger partial charge in [0.2, 0.25) is 0 Å². The lowest BCUT2D eigenvalue weighted by atomic mass is 9.98. The highest BCUT2D eigenvalue weighted by Gasteiger charge is 2.15. The predicted octanol–water partition coefficient (Wildman–Crippen LogP) is 7.91. The van der Waals surface area contributed by atoms with E-state index >= 15 is 0 Å². The van der Waals surface area contributed by atoms with Gasteiger partial charge < -0.3 is 24.9 Å². The molecule has 1 aromatic carbocycles. The largest absolute Gasteiger partial charge is 0.508 e. The Morgan fingerprint density at radius 2 is 0.974 bits per heavy atom. The second-order valence-corrected chi connectivity index (χ2v) is 12.0. The molecule has 228 valence electrons. The minimum atomic E-state index is -0.653. The average Bonchev–Trinajstić information content (AvgIpc) is 2.85. The third-order valence-corrected chi connectivity index (χ3v) is 6.93. The summed E-state index contributed by atoms with van der Waals surface area (Å²) in [6.07, 6.45) is 20.2. The predicted molar refractivity (Wildman–Crippen MR) is 167 cm³/mol. The van der Waals surface area contributed by atoms with E-state index in [-0.39, 0.29) is 0 Å². The van der Waals surface area contributed by atoms with E-state index < -0.39 is 5.97 Å². The fourth-order valence-electron chi connectivity index (χ4n) is 4.87. The van der Waals surface area contributed by atoms with Crippen LogP contribution in [0.4, 0.5) is 0 Å². The molecule has 6 nitrogen and oxygen atoms in total. The van der Waals surface area contributed by atoms with Crippen LogP contribution in [-0.2, 0) is 24.4 Å². The zero-order chi connectivity index (χ0) is 29.5. The van der Waals surface area contributed by atoms with Crippen molar-refractivity contribution in [1.82, 2.24) is 14.7 Å². The number of benzene rings is 1. The van der Waals surface area contributed by atoms with Crippen LogP contribution in [0, 0.1) is 0 Å². The maximum absolute atomic E-state index is 10.3. The third-order valence-electron chi connectivity index (χ3n) is 6.93. The van der Waals surface area contributed by atoms with Gasteiger partial charge in [-0.15, -0.1) is 0 Å². The van der Waals surface area contributed by atoms with Crippen molar-refractivity contribution >= 4 is 5.97 Å². The van der Waals surface area contributed by atoms with E-state index in [2.05, 4.69) is 49.8 Å². The lowest BCUT2D eigenvalue weighted by molar-refractivity contribution is -0.137. The number of aliphatic carboxylic acids is 1. The molecule has 0 atom stereocenters. The molecule has 0 fully saturated rings. The van der Waals surface area contributed by atoms with E-state index in [9.17, 15) is 9.90 Å². The van der Waals surface area contributed by atoms with E-state index in [1.54, 1.807) is 0 Å². The molecule has 6 heteroatoms. The Morgan fingerprint density at radius 1 is 0.590 bits per heavy atom. The number of carboxylic acid groups (broad SMARTS) is 1. The van der Waals surface area contributed by atoms with Gasteiger partial charge in [-0.05, 0) is 65.9 Å². The first-order valence-electron chi connectivity index (χ1n) is 15.6. The molecule has 2 N–H and O–H groups in total. The number of carboxylic acids is 1. The van der Waals surface area contributed by atoms with Crippen molar-refractivity contribution in [2.75, 3.05) is 42.3 Å². The highest BCUT2D eigenvalue weighted by molar-refractivity contribution is 5.66. The molecule has 0 aliphatic rings. The van der Waals surface area contributed by atoms with Gasteiger partial charge in [0.1, 0.15) is 5.75 Å². The van der Waals surface area contributed by atoms with Crippen molar-refractivity contribution in [3.8, 4) is 5.75 Å². The van der Waals surface area contributed by atoms with Crippen LogP contribution < -0.4 is 0 Å². The summed E-state index contributed by atoms with van der Waals surface area (Å²) < 4.78 is 0. The Morgan fingerprint density at radius 3 is 1.36 bits per heavy atom. The van der Waals surface area contributed by atoms with Crippen LogP contribution in [0.25, 0.3) is 0 Å². The van der Waals surface area contributed by atoms with Gasteiger partial charge in [0, 0.05) is 31.6 Å². The zero-order valence-electron chi connectivity index (χ0n) is 26.7. The quantitative estimate of drug-likeness (QED) is 0.143. The van der Waals surface area contributed by atoms with Gasteiger partial charge in [0.05, 0.1) is 0 Å². The van der Waals surface area contributed by atoms with Crippen molar-refractivity contribution in [2.24, 2.45) is 0 Å². The average molecular weight is 550 g/mol. The molecule has 0 saturated carbocycles. The van der Waals surface area contributed by atoms with Crippen molar-refractivity contribution in [3.63, 3.8) is 0 Å². The number of hydrogen-bond donors (Lipinski definition) is 2. The van der Waals surface area contributed by atoms with E-state index in [1.807, 2.05) is 26.2 Å². The summed E-state index contributed by atoms with van der Waals surface area (Å²) in [6, 6.07) is 3.85. The molecule has 0 unspecified atom stereocenters. The van der Waals surface area contributed by atoms with Crippen molar-refractivity contribution in [3.05, 3.63) is 28.8 Å². The second-order valence-electron chi connectivity index (χ2n) is 12.0. The van der Waals surface area contributed by atoms with Gasteiger partial charge >= 0.3 is 5.97 Å². The van der Waals surface area contributed by atoms with Gasteiger partial charge in [0.15, 0.2) is 0 Å². The highest BCUT2D eigenvalue weighted by Crippen LogP contribution is 2.27. The lowest BCUT2D eigenvalue weighted by Gasteiger charge is -2.23. The molecule has 0 heterocycles. The van der Waals surface area contributed by atoms with E-state index in [4.69, 9.17) is 5.11 Å². The molecule has 0 aliphatic heterocycles. The molecular formula is C33H63N3O3. The fraction of sp³-hybridized carbons (Fsp3) is 0.788. The smallest absolute Gasteiger partial charge is 0.303 e. The molecule has 0 aromatic heterocycles. The minimum absolute atomic E-state index is 0.345. The van der Waals surface area contributed by atoms with Crippen LogP contribution in [0.5, 0.6) is 5.75 Å². The van der Waals surface area contributed by atoms with Gasteiger partial charge in [0.25, 0.3) is 0 Å². The van der Waals surface area contributed by atoms with E-state index in [0.717, 1.165) is 38.0 Å². The number of aromatic hydroxyl groups is 1. The fourth-order valence-corrected chi connectivity index (χ4v) is 4.87. The number of nitrogens with zero attached hydrogens (tertiary/aromatic N) is 3. The lowest BCUT2D eigenvalue weighted by Crippen LogP contribution is -2.20. The maximum atomic E-state index is 10.3. The third kappa shape index (κ3) is 21.8. The van der Waals surface area contributed by atoms with Crippen LogP contribution in [0.3, 0.4) is 0 Å². The first-order valence-corrected chi connectivity index (χ1v) is 15.6. The Hall–Kier alpha value is -1.63. The van der Waals surface area contributed by atoms with Crippen molar-refractivity contribution in [1.29, 1.82) is 0 Å². The number of hydrogen-bond acceptors (Lipinski definition) is 5. The molecule has 39 heavy (non-hydrogen) atoms. The van der Waals surface area contributed by atoms with Gasteiger partial charge in [-0.1, -0.05) is 103 Å². The van der Waals surface area contributed by atoms with Gasteiger partial charge in [-0.25, -0.2) is 0 Å². The molecule has 0 radical (unpaired) electrons. The second kappa shape index (κ2) is 24.2. The molecule has 0 amide bonds. The van der Waals surface area contributed by atoms with Gasteiger partial charge in [-0.3, -0.25) is 4.79 Å². The van der Waals surface area contributed by atoms with Gasteiger partial charge in [-0.2, -0.15) is 0 Å². The van der Waals surface area contributed by atoms with Crippen LogP contribution in [0.1, 0.15) is 126 Å². The summed E-state index contributed by atoms with van der Waals surface area (Å²) in [6.45, 7) is 4.77. The summed E-state index contributed by atoms with van der Waals surface area (Å²) in [7, 11) is 12.3. The summed E-state index contributed by atoms with van der Waals surface area (Å²) in [4.78, 5) is 16.7. The number of carbonyl (C=O) groups is 1. The zero-order valence-corrected chi connectivity index (χ0v) is 26.7. The Labute approximate surface area is 241 Å². The Kier molecular flexibility index (Phi) is 23.2. The van der Waals surface area contributed by atoms with Crippen LogP contribution in [-0.4, -0.2) is 73.2 Å². The summed E-state index contributed by atoms with van der Waals surface area (Å²) >= 11 is 0. The summed E-state index contributed by atoms with van der Waals surface area (Å²) in [5.41, 5.74) is 3.57. The molecule has 0 aliphatic carbocycles. The van der Waals surface area contributed by atoms with Crippen LogP contribution in [0.2, 0.25) is 0 Å². The Bertz CT molecular complexity index is 735. The van der Waals surface area contributed by atoms with Crippen molar-refractivity contribution in [2.45, 2.75) is 129 Å². The normalized spacial score (nSPS) is 11.3. The monoisotopic (exact) mass is 549 g/mol. The molecule has 0 bridgehead atoms. The summed E-state index contributed by atoms with van der Waals surface area (Å²) in [5, 5.41) is 18.7. The molecule has 1 aromatic rings. The summed E-state index contributed by atoms with van der Waals surface area (Å²) in [5.74, 6) is -0.257. The minimum Gasteiger partial charge on any atom is -0.508 e. The number of phenols is 1. The first kappa shape index (κ1) is 37.4. The number of rotatable bonds is 22. The van der Waals surface area contributed by atoms with Crippen LogP contribution >= 0.6 is 0 Å². The van der Waals surface area contributed by atoms with Crippen molar-refractivity contribution < 1.29 is 15.0 Å². The Balaban J connectivity index is 0.000000741. The molecular weight excluding hydrogens is 486 g/mol. The van der Waals surface area contributed by atoms with Crippen LogP contribution in [0.15, 0.2) is 12.1 Å². The molecule has 1 rings (SSSR count). The molecule has 0 saturated heterocycles.